The summed E-state index contributed by atoms with van der Waals surface area (Å²) in [4.78, 5) is 16.6. The summed E-state index contributed by atoms with van der Waals surface area (Å²) in [5.74, 6) is 1.36. The van der Waals surface area contributed by atoms with E-state index in [2.05, 4.69) is 15.6 Å². The minimum Gasteiger partial charge on any atom is -0.494 e. The lowest BCUT2D eigenvalue weighted by Gasteiger charge is -2.09. The number of aromatic nitrogens is 1. The number of aryl methyl sites for hydroxylation is 1. The molecule has 0 aliphatic rings. The van der Waals surface area contributed by atoms with Gasteiger partial charge in [0.05, 0.1) is 12.2 Å². The number of pyridine rings is 1. The number of hydrogen-bond acceptors (Lipinski definition) is 4. The molecule has 0 bridgehead atoms. The van der Waals surface area contributed by atoms with Gasteiger partial charge < -0.3 is 15.4 Å². The smallest absolute Gasteiger partial charge is 0.253 e. The van der Waals surface area contributed by atoms with Gasteiger partial charge in [-0.1, -0.05) is 29.8 Å². The molecular weight excluding hydrogens is 338 g/mol. The first kappa shape index (κ1) is 18.5. The molecule has 0 aliphatic heterocycles. The average Bonchev–Trinajstić information content (AvgIpc) is 2.70. The molecular formula is C22H23N3O2. The highest BCUT2D eigenvalue weighted by Crippen LogP contribution is 2.19. The molecule has 0 atom stereocenters. The van der Waals surface area contributed by atoms with Crippen molar-refractivity contribution in [3.63, 3.8) is 0 Å². The number of amides is 1. The molecule has 138 valence electrons. The van der Waals surface area contributed by atoms with E-state index in [9.17, 15) is 4.79 Å². The van der Waals surface area contributed by atoms with E-state index in [0.29, 0.717) is 24.5 Å². The maximum absolute atomic E-state index is 12.3. The molecule has 0 radical (unpaired) electrons. The Morgan fingerprint density at radius 2 is 1.74 bits per heavy atom. The van der Waals surface area contributed by atoms with E-state index >= 15 is 0 Å². The van der Waals surface area contributed by atoms with Gasteiger partial charge in [-0.15, -0.1) is 0 Å². The van der Waals surface area contributed by atoms with E-state index in [-0.39, 0.29) is 5.91 Å². The number of nitrogens with zero attached hydrogens (tertiary/aromatic N) is 1. The van der Waals surface area contributed by atoms with Crippen molar-refractivity contribution >= 4 is 17.4 Å². The molecule has 3 rings (SSSR count). The molecule has 5 heteroatoms. The Labute approximate surface area is 159 Å². The van der Waals surface area contributed by atoms with Crippen LogP contribution in [0.1, 0.15) is 28.4 Å². The van der Waals surface area contributed by atoms with Crippen molar-refractivity contribution in [1.82, 2.24) is 10.3 Å². The number of carbonyl (C=O) groups is 1. The van der Waals surface area contributed by atoms with Gasteiger partial charge in [-0.2, -0.15) is 0 Å². The number of ether oxygens (including phenoxy) is 1. The van der Waals surface area contributed by atoms with E-state index in [4.69, 9.17) is 4.74 Å². The van der Waals surface area contributed by atoms with Crippen LogP contribution in [0.4, 0.5) is 11.5 Å². The highest BCUT2D eigenvalue weighted by Gasteiger charge is 2.06. The molecule has 2 N–H and O–H groups in total. The Hall–Kier alpha value is -3.34. The number of nitrogens with one attached hydrogen (secondary N) is 2. The normalized spacial score (nSPS) is 10.3. The topological polar surface area (TPSA) is 63.2 Å². The highest BCUT2D eigenvalue weighted by atomic mass is 16.5. The minimum atomic E-state index is -0.143. The van der Waals surface area contributed by atoms with Crippen LogP contribution in [0.5, 0.6) is 5.75 Å². The Bertz CT molecular complexity index is 873. The average molecular weight is 361 g/mol. The van der Waals surface area contributed by atoms with Gasteiger partial charge in [0.1, 0.15) is 11.6 Å². The quantitative estimate of drug-likeness (QED) is 0.652. The molecule has 0 fully saturated rings. The minimum absolute atomic E-state index is 0.143. The number of anilines is 2. The molecule has 3 aromatic rings. The van der Waals surface area contributed by atoms with Crippen molar-refractivity contribution < 1.29 is 9.53 Å². The summed E-state index contributed by atoms with van der Waals surface area (Å²) in [6.07, 6.45) is 1.57. The zero-order valence-electron chi connectivity index (χ0n) is 15.5. The molecule has 27 heavy (non-hydrogen) atoms. The Balaban J connectivity index is 1.55. The van der Waals surface area contributed by atoms with Gasteiger partial charge in [0.15, 0.2) is 0 Å². The van der Waals surface area contributed by atoms with Crippen molar-refractivity contribution in [3.05, 3.63) is 83.6 Å². The fourth-order valence-corrected chi connectivity index (χ4v) is 2.54. The predicted octanol–water partition coefficient (Wildman–Crippen LogP) is 4.46. The van der Waals surface area contributed by atoms with Crippen LogP contribution in [0.15, 0.2) is 66.9 Å². The van der Waals surface area contributed by atoms with Crippen LogP contribution >= 0.6 is 0 Å². The van der Waals surface area contributed by atoms with Crippen molar-refractivity contribution in [3.8, 4) is 5.75 Å². The van der Waals surface area contributed by atoms with Gasteiger partial charge in [-0.3, -0.25) is 4.79 Å². The Morgan fingerprint density at radius 3 is 2.37 bits per heavy atom. The second-order valence-electron chi connectivity index (χ2n) is 6.18. The van der Waals surface area contributed by atoms with Crippen molar-refractivity contribution in [1.29, 1.82) is 0 Å². The third kappa shape index (κ3) is 5.31. The van der Waals surface area contributed by atoms with Gasteiger partial charge in [-0.25, -0.2) is 4.98 Å². The molecule has 0 saturated heterocycles. The number of carbonyl (C=O) groups excluding carboxylic acids is 1. The lowest BCUT2D eigenvalue weighted by atomic mass is 10.1. The molecule has 0 spiro atoms. The van der Waals surface area contributed by atoms with Gasteiger partial charge in [0.25, 0.3) is 5.91 Å². The van der Waals surface area contributed by atoms with E-state index in [1.807, 2.05) is 62.4 Å². The van der Waals surface area contributed by atoms with E-state index in [0.717, 1.165) is 17.0 Å². The highest BCUT2D eigenvalue weighted by molar-refractivity contribution is 5.94. The van der Waals surface area contributed by atoms with Crippen LogP contribution in [0.3, 0.4) is 0 Å². The van der Waals surface area contributed by atoms with Crippen LogP contribution in [-0.2, 0) is 6.54 Å². The standard InChI is InChI=1S/C22H23N3O2/c1-3-27-20-11-9-19(10-12-20)25-21-13-8-18(15-23-21)22(26)24-14-17-6-4-16(2)5-7-17/h4-13,15H,3,14H2,1-2H3,(H,23,25)(H,24,26). The summed E-state index contributed by atoms with van der Waals surface area (Å²) < 4.78 is 5.43. The number of rotatable bonds is 7. The fraction of sp³-hybridized carbons (Fsp3) is 0.182. The molecule has 1 aromatic heterocycles. The van der Waals surface area contributed by atoms with Crippen LogP contribution in [0, 0.1) is 6.92 Å². The van der Waals surface area contributed by atoms with Crippen LogP contribution in [0.2, 0.25) is 0 Å². The maximum atomic E-state index is 12.3. The Kier molecular flexibility index (Phi) is 6.05. The predicted molar refractivity (Wildman–Crippen MR) is 107 cm³/mol. The molecule has 0 aliphatic carbocycles. The monoisotopic (exact) mass is 361 g/mol. The fourth-order valence-electron chi connectivity index (χ4n) is 2.54. The van der Waals surface area contributed by atoms with Gasteiger partial charge in [-0.05, 0) is 55.8 Å². The third-order valence-electron chi connectivity index (χ3n) is 4.04. The van der Waals surface area contributed by atoms with Crippen LogP contribution < -0.4 is 15.4 Å². The lowest BCUT2D eigenvalue weighted by Crippen LogP contribution is -2.22. The third-order valence-corrected chi connectivity index (χ3v) is 4.04. The Morgan fingerprint density at radius 1 is 1.00 bits per heavy atom. The summed E-state index contributed by atoms with van der Waals surface area (Å²) in [5, 5.41) is 6.11. The number of benzene rings is 2. The SMILES string of the molecule is CCOc1ccc(Nc2ccc(C(=O)NCc3ccc(C)cc3)cn2)cc1. The largest absolute Gasteiger partial charge is 0.494 e. The van der Waals surface area contributed by atoms with E-state index in [1.54, 1.807) is 18.3 Å². The van der Waals surface area contributed by atoms with Gasteiger partial charge >= 0.3 is 0 Å². The van der Waals surface area contributed by atoms with Crippen LogP contribution in [0.25, 0.3) is 0 Å². The second kappa shape index (κ2) is 8.85. The van der Waals surface area contributed by atoms with Crippen molar-refractivity contribution in [2.75, 3.05) is 11.9 Å². The lowest BCUT2D eigenvalue weighted by molar-refractivity contribution is 0.0950. The molecule has 1 amide bonds. The number of hydrogen-bond donors (Lipinski definition) is 2. The first-order chi connectivity index (χ1) is 13.1. The summed E-state index contributed by atoms with van der Waals surface area (Å²) in [5.41, 5.74) is 3.70. The molecule has 2 aromatic carbocycles. The first-order valence-electron chi connectivity index (χ1n) is 8.94. The van der Waals surface area contributed by atoms with Crippen molar-refractivity contribution in [2.24, 2.45) is 0 Å². The maximum Gasteiger partial charge on any atom is 0.253 e. The molecule has 1 heterocycles. The zero-order chi connectivity index (χ0) is 19.1. The van der Waals surface area contributed by atoms with E-state index < -0.39 is 0 Å². The summed E-state index contributed by atoms with van der Waals surface area (Å²) in [6.45, 7) is 5.12. The second-order valence-corrected chi connectivity index (χ2v) is 6.18. The summed E-state index contributed by atoms with van der Waals surface area (Å²) in [7, 11) is 0. The van der Waals surface area contributed by atoms with E-state index in [1.165, 1.54) is 5.56 Å². The molecule has 0 unspecified atom stereocenters. The van der Waals surface area contributed by atoms with Gasteiger partial charge in [0, 0.05) is 18.4 Å². The first-order valence-corrected chi connectivity index (χ1v) is 8.94. The summed E-state index contributed by atoms with van der Waals surface area (Å²) in [6, 6.07) is 19.3. The van der Waals surface area contributed by atoms with Crippen molar-refractivity contribution in [2.45, 2.75) is 20.4 Å². The molecule has 5 nitrogen and oxygen atoms in total. The van der Waals surface area contributed by atoms with Gasteiger partial charge in [0.2, 0.25) is 0 Å². The zero-order valence-corrected chi connectivity index (χ0v) is 15.5. The summed E-state index contributed by atoms with van der Waals surface area (Å²) >= 11 is 0. The van der Waals surface area contributed by atoms with Crippen LogP contribution in [-0.4, -0.2) is 17.5 Å². The molecule has 0 saturated carbocycles.